The second kappa shape index (κ2) is 6.04. The third-order valence-electron chi connectivity index (χ3n) is 4.41. The Morgan fingerprint density at radius 1 is 1.17 bits per heavy atom. The van der Waals surface area contributed by atoms with Gasteiger partial charge in [-0.3, -0.25) is 0 Å². The van der Waals surface area contributed by atoms with E-state index in [0.717, 1.165) is 53.4 Å². The number of halogens is 2. The lowest BCUT2D eigenvalue weighted by atomic mass is 9.96. The molecule has 0 atom stereocenters. The second-order valence-corrected chi connectivity index (χ2v) is 6.61. The Hall–Kier alpha value is -2.17. The van der Waals surface area contributed by atoms with Crippen molar-refractivity contribution in [1.82, 2.24) is 4.90 Å². The van der Waals surface area contributed by atoms with Crippen molar-refractivity contribution in [2.24, 2.45) is 4.99 Å². The molecule has 0 radical (unpaired) electrons. The molecule has 2 aromatic rings. The van der Waals surface area contributed by atoms with Gasteiger partial charge in [0.1, 0.15) is 5.82 Å². The summed E-state index contributed by atoms with van der Waals surface area (Å²) in [5, 5.41) is 3.99. The molecule has 0 fully saturated rings. The van der Waals surface area contributed by atoms with Crippen LogP contribution >= 0.6 is 11.6 Å². The summed E-state index contributed by atoms with van der Waals surface area (Å²) in [7, 11) is 2.09. The lowest BCUT2D eigenvalue weighted by Crippen LogP contribution is -2.26. The van der Waals surface area contributed by atoms with Gasteiger partial charge in [-0.2, -0.15) is 0 Å². The standard InChI is InChI=1S/C19H17ClFN3/c1-24-8-6-12(7-9-24)19-15-11-14(21)3-5-16(15)22-17-4-2-13(20)10-18(17)23-19/h2-6,10-11,22H,7-9H2,1H3. The fourth-order valence-corrected chi connectivity index (χ4v) is 3.25. The minimum absolute atomic E-state index is 0.263. The van der Waals surface area contributed by atoms with Crippen LogP contribution in [0.1, 0.15) is 12.0 Å². The molecule has 5 heteroatoms. The van der Waals surface area contributed by atoms with Gasteiger partial charge in [0.25, 0.3) is 0 Å². The zero-order valence-corrected chi connectivity index (χ0v) is 14.1. The molecule has 1 N–H and O–H groups in total. The normalized spacial score (nSPS) is 17.1. The van der Waals surface area contributed by atoms with Crippen molar-refractivity contribution in [3.63, 3.8) is 0 Å². The van der Waals surface area contributed by atoms with Crippen molar-refractivity contribution in [1.29, 1.82) is 0 Å². The third-order valence-corrected chi connectivity index (χ3v) is 4.65. The van der Waals surface area contributed by atoms with E-state index < -0.39 is 0 Å². The average molecular weight is 342 g/mol. The highest BCUT2D eigenvalue weighted by Gasteiger charge is 2.22. The monoisotopic (exact) mass is 341 g/mol. The van der Waals surface area contributed by atoms with Crippen LogP contribution in [0.5, 0.6) is 0 Å². The predicted octanol–water partition coefficient (Wildman–Crippen LogP) is 4.92. The molecule has 3 nitrogen and oxygen atoms in total. The Balaban J connectivity index is 1.92. The SMILES string of the molecule is CN1CC=C(C2=Nc3cc(Cl)ccc3Nc3ccc(F)cc32)CC1. The Labute approximate surface area is 145 Å². The molecule has 122 valence electrons. The number of hydrogen-bond donors (Lipinski definition) is 1. The van der Waals surface area contributed by atoms with Crippen molar-refractivity contribution < 1.29 is 4.39 Å². The molecule has 0 aliphatic carbocycles. The molecular weight excluding hydrogens is 325 g/mol. The maximum atomic E-state index is 13.9. The van der Waals surface area contributed by atoms with E-state index in [1.165, 1.54) is 6.07 Å². The molecular formula is C19H17ClFN3. The van der Waals surface area contributed by atoms with Gasteiger partial charge < -0.3 is 10.2 Å². The van der Waals surface area contributed by atoms with Gasteiger partial charge in [0.2, 0.25) is 0 Å². The van der Waals surface area contributed by atoms with Gasteiger partial charge in [-0.15, -0.1) is 0 Å². The van der Waals surface area contributed by atoms with Crippen molar-refractivity contribution in [2.75, 3.05) is 25.5 Å². The van der Waals surface area contributed by atoms with Crippen LogP contribution in [0.15, 0.2) is 53.0 Å². The highest BCUT2D eigenvalue weighted by molar-refractivity contribution is 6.31. The van der Waals surface area contributed by atoms with Gasteiger partial charge in [0.15, 0.2) is 0 Å². The van der Waals surface area contributed by atoms with Crippen LogP contribution in [0.4, 0.5) is 21.5 Å². The van der Waals surface area contributed by atoms with Crippen LogP contribution in [0.25, 0.3) is 0 Å². The van der Waals surface area contributed by atoms with Crippen molar-refractivity contribution in [3.05, 3.63) is 64.5 Å². The summed E-state index contributed by atoms with van der Waals surface area (Å²) in [5.74, 6) is -0.263. The highest BCUT2D eigenvalue weighted by Crippen LogP contribution is 2.38. The molecule has 4 rings (SSSR count). The van der Waals surface area contributed by atoms with E-state index in [1.807, 2.05) is 18.2 Å². The number of rotatable bonds is 1. The van der Waals surface area contributed by atoms with Crippen molar-refractivity contribution in [2.45, 2.75) is 6.42 Å². The lowest BCUT2D eigenvalue weighted by Gasteiger charge is -2.23. The van der Waals surface area contributed by atoms with Crippen molar-refractivity contribution >= 4 is 34.4 Å². The minimum atomic E-state index is -0.263. The van der Waals surface area contributed by atoms with Gasteiger partial charge in [0, 0.05) is 29.4 Å². The topological polar surface area (TPSA) is 27.6 Å². The average Bonchev–Trinajstić information content (AvgIpc) is 2.72. The van der Waals surface area contributed by atoms with Crippen LogP contribution in [0.3, 0.4) is 0 Å². The quantitative estimate of drug-likeness (QED) is 0.797. The number of anilines is 2. The van der Waals surface area contributed by atoms with Crippen LogP contribution < -0.4 is 5.32 Å². The maximum absolute atomic E-state index is 13.9. The number of aliphatic imine (C=N–C) groups is 1. The summed E-state index contributed by atoms with van der Waals surface area (Å²) in [4.78, 5) is 7.09. The number of nitrogens with one attached hydrogen (secondary N) is 1. The van der Waals surface area contributed by atoms with E-state index >= 15 is 0 Å². The van der Waals surface area contributed by atoms with E-state index in [4.69, 9.17) is 16.6 Å². The van der Waals surface area contributed by atoms with E-state index in [9.17, 15) is 4.39 Å². The van der Waals surface area contributed by atoms with Gasteiger partial charge in [0.05, 0.1) is 17.1 Å². The van der Waals surface area contributed by atoms with E-state index in [1.54, 1.807) is 12.1 Å². The fourth-order valence-electron chi connectivity index (χ4n) is 3.08. The zero-order valence-electron chi connectivity index (χ0n) is 13.3. The molecule has 0 saturated heterocycles. The number of benzene rings is 2. The van der Waals surface area contributed by atoms with Crippen LogP contribution in [-0.2, 0) is 0 Å². The first-order chi connectivity index (χ1) is 11.6. The smallest absolute Gasteiger partial charge is 0.124 e. The summed E-state index contributed by atoms with van der Waals surface area (Å²) in [6.07, 6.45) is 3.06. The minimum Gasteiger partial charge on any atom is -0.353 e. The molecule has 2 aliphatic rings. The zero-order chi connectivity index (χ0) is 16.7. The molecule has 2 heterocycles. The largest absolute Gasteiger partial charge is 0.353 e. The van der Waals surface area contributed by atoms with Gasteiger partial charge in [-0.25, -0.2) is 9.38 Å². The van der Waals surface area contributed by atoms with Gasteiger partial charge in [-0.05, 0) is 55.4 Å². The van der Waals surface area contributed by atoms with Gasteiger partial charge in [-0.1, -0.05) is 17.7 Å². The lowest BCUT2D eigenvalue weighted by molar-refractivity contribution is 0.362. The van der Waals surface area contributed by atoms with Crippen LogP contribution in [0, 0.1) is 5.82 Å². The molecule has 2 aliphatic heterocycles. The highest BCUT2D eigenvalue weighted by atomic mass is 35.5. The molecule has 0 aromatic heterocycles. The second-order valence-electron chi connectivity index (χ2n) is 6.18. The third kappa shape index (κ3) is 2.83. The first-order valence-corrected chi connectivity index (χ1v) is 8.31. The Kier molecular flexibility index (Phi) is 3.87. The molecule has 2 aromatic carbocycles. The summed E-state index contributed by atoms with van der Waals surface area (Å²) < 4.78 is 13.9. The molecule has 0 unspecified atom stereocenters. The Morgan fingerprint density at radius 3 is 2.79 bits per heavy atom. The number of nitrogens with zero attached hydrogens (tertiary/aromatic N) is 2. The molecule has 0 spiro atoms. The first kappa shape index (κ1) is 15.4. The number of hydrogen-bond acceptors (Lipinski definition) is 3. The maximum Gasteiger partial charge on any atom is 0.124 e. The summed E-state index contributed by atoms with van der Waals surface area (Å²) in [5.41, 5.74) is 5.26. The molecule has 0 saturated carbocycles. The Bertz CT molecular complexity index is 873. The Morgan fingerprint density at radius 2 is 2.00 bits per heavy atom. The number of fused-ring (bicyclic) bond motifs is 2. The molecule has 0 amide bonds. The van der Waals surface area contributed by atoms with E-state index in [2.05, 4.69) is 23.3 Å². The van der Waals surface area contributed by atoms with Crippen LogP contribution in [0.2, 0.25) is 5.02 Å². The number of likely N-dealkylation sites (N-methyl/N-ethyl adjacent to an activating group) is 1. The van der Waals surface area contributed by atoms with E-state index in [0.29, 0.717) is 5.02 Å². The van der Waals surface area contributed by atoms with Gasteiger partial charge >= 0.3 is 0 Å². The van der Waals surface area contributed by atoms with Crippen LogP contribution in [-0.4, -0.2) is 30.7 Å². The molecule has 24 heavy (non-hydrogen) atoms. The van der Waals surface area contributed by atoms with Crippen molar-refractivity contribution in [3.8, 4) is 0 Å². The first-order valence-electron chi connectivity index (χ1n) is 7.93. The summed E-state index contributed by atoms with van der Waals surface area (Å²) in [6.45, 7) is 1.83. The van der Waals surface area contributed by atoms with E-state index in [-0.39, 0.29) is 5.82 Å². The summed E-state index contributed by atoms with van der Waals surface area (Å²) >= 11 is 6.14. The fraction of sp³-hybridized carbons (Fsp3) is 0.211. The molecule has 0 bridgehead atoms. The predicted molar refractivity (Wildman–Crippen MR) is 97.5 cm³/mol. The summed E-state index contributed by atoms with van der Waals surface area (Å²) in [6, 6.07) is 10.3.